The maximum atomic E-state index is 13.1. The molecule has 1 saturated carbocycles. The fourth-order valence-electron chi connectivity index (χ4n) is 4.75. The van der Waals surface area contributed by atoms with Crippen LogP contribution in [0.2, 0.25) is 0 Å². The van der Waals surface area contributed by atoms with E-state index >= 15 is 0 Å². The van der Waals surface area contributed by atoms with E-state index in [2.05, 4.69) is 15.6 Å². The number of anilines is 1. The summed E-state index contributed by atoms with van der Waals surface area (Å²) in [6.07, 6.45) is 6.80. The van der Waals surface area contributed by atoms with Crippen molar-refractivity contribution >= 4 is 23.6 Å². The molecule has 2 fully saturated rings. The molecule has 1 aromatic carbocycles. The summed E-state index contributed by atoms with van der Waals surface area (Å²) >= 11 is 0. The predicted molar refractivity (Wildman–Crippen MR) is 149 cm³/mol. The number of rotatable bonds is 9. The number of likely N-dealkylation sites (tertiary alicyclic amines) is 1. The Labute approximate surface area is 230 Å². The van der Waals surface area contributed by atoms with Gasteiger partial charge in [-0.1, -0.05) is 25.0 Å². The van der Waals surface area contributed by atoms with Crippen molar-refractivity contribution in [1.29, 1.82) is 0 Å². The quantitative estimate of drug-likeness (QED) is 0.460. The molecule has 9 heteroatoms. The first-order valence-electron chi connectivity index (χ1n) is 13.8. The van der Waals surface area contributed by atoms with Crippen molar-refractivity contribution in [2.75, 3.05) is 25.5 Å². The Morgan fingerprint density at radius 1 is 1.03 bits per heavy atom. The molecule has 9 nitrogen and oxygen atoms in total. The number of nitrogens with zero attached hydrogens (tertiary/aromatic N) is 2. The van der Waals surface area contributed by atoms with Gasteiger partial charge in [0.25, 0.3) is 5.91 Å². The molecule has 2 aromatic rings. The Kier molecular flexibility index (Phi) is 9.09. The summed E-state index contributed by atoms with van der Waals surface area (Å²) in [5, 5.41) is 5.80. The topological polar surface area (TPSA) is 110 Å². The zero-order valence-corrected chi connectivity index (χ0v) is 23.4. The number of benzene rings is 1. The molecule has 1 unspecified atom stereocenters. The SMILES string of the molecule is COc1ccc(NC(=O)C(CCC2CC2)NC(=O)c2ccc(C3CCN(C(=O)OC(C)(C)C)CC3)cc2)cn1. The van der Waals surface area contributed by atoms with Crippen molar-refractivity contribution in [3.63, 3.8) is 0 Å². The zero-order valence-electron chi connectivity index (χ0n) is 23.4. The van der Waals surface area contributed by atoms with Gasteiger partial charge in [0.05, 0.1) is 19.0 Å². The van der Waals surface area contributed by atoms with Gasteiger partial charge in [-0.3, -0.25) is 9.59 Å². The summed E-state index contributed by atoms with van der Waals surface area (Å²) in [5.41, 5.74) is 1.70. The van der Waals surface area contributed by atoms with Gasteiger partial charge in [0.15, 0.2) is 0 Å². The molecule has 1 aliphatic heterocycles. The fourth-order valence-corrected chi connectivity index (χ4v) is 4.75. The summed E-state index contributed by atoms with van der Waals surface area (Å²) in [6, 6.07) is 10.3. The van der Waals surface area contributed by atoms with E-state index in [1.54, 1.807) is 17.0 Å². The first kappa shape index (κ1) is 28.4. The smallest absolute Gasteiger partial charge is 0.410 e. The van der Waals surface area contributed by atoms with Gasteiger partial charge in [0.1, 0.15) is 11.6 Å². The van der Waals surface area contributed by atoms with Crippen LogP contribution in [0, 0.1) is 5.92 Å². The summed E-state index contributed by atoms with van der Waals surface area (Å²) < 4.78 is 10.6. The molecule has 4 rings (SSSR count). The molecule has 0 bridgehead atoms. The number of hydrogen-bond donors (Lipinski definition) is 2. The standard InChI is InChI=1S/C30H40N4O5/c1-30(2,3)39-29(37)34-17-15-22(16-18-34)21-8-10-23(11-9-21)27(35)33-25(13-7-20-5-6-20)28(36)32-24-12-14-26(38-4)31-19-24/h8-12,14,19-20,22,25H,5-7,13,15-18H2,1-4H3,(H,32,36)(H,33,35). The van der Waals surface area contributed by atoms with Gasteiger partial charge in [-0.2, -0.15) is 0 Å². The summed E-state index contributed by atoms with van der Waals surface area (Å²) in [5.74, 6) is 0.884. The van der Waals surface area contributed by atoms with Crippen LogP contribution in [0.4, 0.5) is 10.5 Å². The number of aromatic nitrogens is 1. The molecule has 39 heavy (non-hydrogen) atoms. The molecule has 0 spiro atoms. The van der Waals surface area contributed by atoms with Gasteiger partial charge < -0.3 is 25.0 Å². The van der Waals surface area contributed by atoms with Crippen molar-refractivity contribution in [3.8, 4) is 5.88 Å². The van der Waals surface area contributed by atoms with Gasteiger partial charge in [0, 0.05) is 24.7 Å². The normalized spacial score (nSPS) is 16.8. The van der Waals surface area contributed by atoms with E-state index in [9.17, 15) is 14.4 Å². The summed E-state index contributed by atoms with van der Waals surface area (Å²) in [7, 11) is 1.53. The molecule has 1 aromatic heterocycles. The highest BCUT2D eigenvalue weighted by Crippen LogP contribution is 2.34. The number of nitrogens with one attached hydrogen (secondary N) is 2. The summed E-state index contributed by atoms with van der Waals surface area (Å²) in [6.45, 7) is 6.90. The molecule has 3 amide bonds. The third-order valence-electron chi connectivity index (χ3n) is 7.19. The Hall–Kier alpha value is -3.62. The van der Waals surface area contributed by atoms with E-state index in [1.807, 2.05) is 45.0 Å². The third kappa shape index (κ3) is 8.43. The predicted octanol–water partition coefficient (Wildman–Crippen LogP) is 5.13. The molecule has 1 atom stereocenters. The van der Waals surface area contributed by atoms with E-state index in [0.717, 1.165) is 24.8 Å². The van der Waals surface area contributed by atoms with Gasteiger partial charge in [-0.15, -0.1) is 0 Å². The van der Waals surface area contributed by atoms with Crippen LogP contribution in [0.5, 0.6) is 5.88 Å². The molecular formula is C30H40N4O5. The highest BCUT2D eigenvalue weighted by molar-refractivity contribution is 6.01. The second-order valence-corrected chi connectivity index (χ2v) is 11.5. The molecule has 2 N–H and O–H groups in total. The van der Waals surface area contributed by atoms with E-state index in [0.29, 0.717) is 48.5 Å². The highest BCUT2D eigenvalue weighted by Gasteiger charge is 2.29. The lowest BCUT2D eigenvalue weighted by Gasteiger charge is -2.33. The van der Waals surface area contributed by atoms with Crippen molar-refractivity contribution in [3.05, 3.63) is 53.7 Å². The van der Waals surface area contributed by atoms with Crippen molar-refractivity contribution in [2.45, 2.75) is 76.9 Å². The Morgan fingerprint density at radius 2 is 1.72 bits per heavy atom. The Balaban J connectivity index is 1.33. The molecule has 2 aliphatic rings. The highest BCUT2D eigenvalue weighted by atomic mass is 16.6. The third-order valence-corrected chi connectivity index (χ3v) is 7.19. The van der Waals surface area contributed by atoms with Crippen molar-refractivity contribution < 1.29 is 23.9 Å². The monoisotopic (exact) mass is 536 g/mol. The maximum Gasteiger partial charge on any atom is 0.410 e. The molecular weight excluding hydrogens is 496 g/mol. The number of ether oxygens (including phenoxy) is 2. The number of amides is 3. The van der Waals surface area contributed by atoms with Crippen LogP contribution >= 0.6 is 0 Å². The van der Waals surface area contributed by atoms with E-state index < -0.39 is 11.6 Å². The van der Waals surface area contributed by atoms with Gasteiger partial charge in [-0.05, 0) is 82.1 Å². The Morgan fingerprint density at radius 3 is 2.28 bits per heavy atom. The lowest BCUT2D eigenvalue weighted by Crippen LogP contribution is -2.44. The van der Waals surface area contributed by atoms with Crippen LogP contribution in [0.15, 0.2) is 42.6 Å². The Bertz CT molecular complexity index is 1130. The van der Waals surface area contributed by atoms with E-state index in [4.69, 9.17) is 9.47 Å². The van der Waals surface area contributed by atoms with Gasteiger partial charge in [-0.25, -0.2) is 9.78 Å². The number of carbonyl (C=O) groups is 3. The molecule has 0 radical (unpaired) electrons. The summed E-state index contributed by atoms with van der Waals surface area (Å²) in [4.78, 5) is 44.4. The lowest BCUT2D eigenvalue weighted by atomic mass is 9.89. The number of carbonyl (C=O) groups excluding carboxylic acids is 3. The van der Waals surface area contributed by atoms with Crippen molar-refractivity contribution in [1.82, 2.24) is 15.2 Å². The lowest BCUT2D eigenvalue weighted by molar-refractivity contribution is -0.118. The van der Waals surface area contributed by atoms with Crippen LogP contribution < -0.4 is 15.4 Å². The minimum atomic E-state index is -0.642. The average molecular weight is 537 g/mol. The second kappa shape index (κ2) is 12.5. The number of hydrogen-bond acceptors (Lipinski definition) is 6. The maximum absolute atomic E-state index is 13.1. The second-order valence-electron chi connectivity index (χ2n) is 11.5. The minimum absolute atomic E-state index is 0.260. The van der Waals surface area contributed by atoms with Crippen LogP contribution in [0.1, 0.15) is 81.1 Å². The number of methoxy groups -OCH3 is 1. The first-order valence-corrected chi connectivity index (χ1v) is 13.8. The molecule has 210 valence electrons. The van der Waals surface area contributed by atoms with Crippen molar-refractivity contribution in [2.24, 2.45) is 5.92 Å². The van der Waals surface area contributed by atoms with Crippen LogP contribution in [-0.2, 0) is 9.53 Å². The van der Waals surface area contributed by atoms with Crippen LogP contribution in [-0.4, -0.2) is 59.6 Å². The zero-order chi connectivity index (χ0) is 28.0. The number of pyridine rings is 1. The van der Waals surface area contributed by atoms with Crippen LogP contribution in [0.3, 0.4) is 0 Å². The first-order chi connectivity index (χ1) is 18.6. The van der Waals surface area contributed by atoms with E-state index in [1.165, 1.54) is 26.1 Å². The average Bonchev–Trinajstić information content (AvgIpc) is 3.75. The molecule has 1 aliphatic carbocycles. The fraction of sp³-hybridized carbons (Fsp3) is 0.533. The molecule has 2 heterocycles. The number of piperidine rings is 1. The van der Waals surface area contributed by atoms with Gasteiger partial charge >= 0.3 is 6.09 Å². The van der Waals surface area contributed by atoms with Crippen LogP contribution in [0.25, 0.3) is 0 Å². The van der Waals surface area contributed by atoms with E-state index in [-0.39, 0.29) is 17.9 Å². The van der Waals surface area contributed by atoms with Gasteiger partial charge in [0.2, 0.25) is 11.8 Å². The largest absolute Gasteiger partial charge is 0.481 e. The molecule has 1 saturated heterocycles. The minimum Gasteiger partial charge on any atom is -0.481 e.